The molecule has 0 aliphatic heterocycles. The molecule has 7 heteroatoms. The molecule has 25 heavy (non-hydrogen) atoms. The Hall–Kier alpha value is -3.53. The number of nitriles is 1. The maximum Gasteiger partial charge on any atom is 0.261 e. The van der Waals surface area contributed by atoms with Gasteiger partial charge < -0.3 is 10.3 Å². The number of pyridine rings is 1. The lowest BCUT2D eigenvalue weighted by Crippen LogP contribution is -2.22. The Morgan fingerprint density at radius 3 is 2.60 bits per heavy atom. The summed E-state index contributed by atoms with van der Waals surface area (Å²) in [5.74, 6) is -2.52. The number of rotatable bonds is 3. The molecule has 0 radical (unpaired) electrons. The number of nitrogens with one attached hydrogen (secondary N) is 2. The van der Waals surface area contributed by atoms with Crippen molar-refractivity contribution in [2.45, 2.75) is 6.42 Å². The minimum Gasteiger partial charge on any atom is -0.358 e. The smallest absolute Gasteiger partial charge is 0.261 e. The van der Waals surface area contributed by atoms with Gasteiger partial charge in [0.25, 0.3) is 5.91 Å². The van der Waals surface area contributed by atoms with Gasteiger partial charge in [-0.2, -0.15) is 5.26 Å². The van der Waals surface area contributed by atoms with E-state index in [-0.39, 0.29) is 22.9 Å². The first-order valence-corrected chi connectivity index (χ1v) is 7.27. The Morgan fingerprint density at radius 1 is 1.20 bits per heavy atom. The van der Waals surface area contributed by atoms with Crippen LogP contribution >= 0.6 is 0 Å². The van der Waals surface area contributed by atoms with E-state index in [2.05, 4.69) is 10.3 Å². The third kappa shape index (κ3) is 3.23. The maximum atomic E-state index is 13.7. The largest absolute Gasteiger partial charge is 0.358 e. The van der Waals surface area contributed by atoms with E-state index in [0.717, 1.165) is 17.8 Å². The van der Waals surface area contributed by atoms with E-state index in [1.807, 2.05) is 6.07 Å². The fourth-order valence-electron chi connectivity index (χ4n) is 2.42. The first kappa shape index (κ1) is 16.3. The summed E-state index contributed by atoms with van der Waals surface area (Å²) in [7, 11) is 0. The number of fused-ring (bicyclic) bond motifs is 1. The summed E-state index contributed by atoms with van der Waals surface area (Å²) in [6.07, 6.45) is 1.33. The molecule has 0 fully saturated rings. The molecule has 124 valence electrons. The van der Waals surface area contributed by atoms with Crippen LogP contribution in [0.1, 0.15) is 15.9 Å². The zero-order valence-corrected chi connectivity index (χ0v) is 12.8. The highest BCUT2D eigenvalue weighted by Gasteiger charge is 2.16. The molecule has 3 rings (SSSR count). The summed E-state index contributed by atoms with van der Waals surface area (Å²) in [5.41, 5.74) is 0.0137. The Morgan fingerprint density at radius 2 is 1.92 bits per heavy atom. The lowest BCUT2D eigenvalue weighted by molar-refractivity contribution is 0.102. The van der Waals surface area contributed by atoms with Gasteiger partial charge in [0, 0.05) is 18.0 Å². The maximum absolute atomic E-state index is 13.7. The molecule has 3 aromatic rings. The van der Waals surface area contributed by atoms with Crippen LogP contribution < -0.4 is 10.7 Å². The number of nitrogens with zero attached hydrogens (tertiary/aromatic N) is 1. The van der Waals surface area contributed by atoms with E-state index >= 15 is 0 Å². The predicted octanol–water partition coefficient (Wildman–Crippen LogP) is 3.12. The molecule has 0 aliphatic carbocycles. The number of anilines is 1. The van der Waals surface area contributed by atoms with E-state index < -0.39 is 23.0 Å². The molecule has 2 aromatic carbocycles. The summed E-state index contributed by atoms with van der Waals surface area (Å²) in [6, 6.07) is 10.1. The van der Waals surface area contributed by atoms with Gasteiger partial charge in [0.05, 0.1) is 23.4 Å². The van der Waals surface area contributed by atoms with Gasteiger partial charge in [0.1, 0.15) is 17.2 Å². The quantitative estimate of drug-likeness (QED) is 0.769. The van der Waals surface area contributed by atoms with Crippen LogP contribution in [0.15, 0.2) is 47.4 Å². The lowest BCUT2D eigenvalue weighted by atomic mass is 10.1. The molecule has 5 nitrogen and oxygen atoms in total. The molecule has 0 saturated heterocycles. The number of H-pyrrole nitrogens is 1. The van der Waals surface area contributed by atoms with Crippen molar-refractivity contribution in [2.24, 2.45) is 0 Å². The Balaban J connectivity index is 1.93. The fourth-order valence-corrected chi connectivity index (χ4v) is 2.42. The van der Waals surface area contributed by atoms with E-state index in [0.29, 0.717) is 11.8 Å². The third-order valence-electron chi connectivity index (χ3n) is 3.64. The van der Waals surface area contributed by atoms with Gasteiger partial charge in [0.2, 0.25) is 5.43 Å². The minimum atomic E-state index is -0.910. The monoisotopic (exact) mass is 339 g/mol. The molecule has 0 spiro atoms. The Kier molecular flexibility index (Phi) is 4.27. The van der Waals surface area contributed by atoms with Gasteiger partial charge >= 0.3 is 0 Å². The molecule has 1 aromatic heterocycles. The van der Waals surface area contributed by atoms with Crippen LogP contribution in [-0.4, -0.2) is 10.9 Å². The van der Waals surface area contributed by atoms with Crippen LogP contribution in [-0.2, 0) is 6.42 Å². The van der Waals surface area contributed by atoms with Crippen molar-refractivity contribution in [1.29, 1.82) is 5.26 Å². The predicted molar refractivity (Wildman–Crippen MR) is 88.2 cm³/mol. The third-order valence-corrected chi connectivity index (χ3v) is 3.64. The van der Waals surface area contributed by atoms with Crippen LogP contribution in [0, 0.1) is 23.0 Å². The highest BCUT2D eigenvalue weighted by Crippen LogP contribution is 2.16. The molecule has 0 bridgehead atoms. The number of hydrogen-bond acceptors (Lipinski definition) is 3. The summed E-state index contributed by atoms with van der Waals surface area (Å²) >= 11 is 0. The number of amides is 1. The fraction of sp³-hybridized carbons (Fsp3) is 0.0556. The number of aromatic nitrogens is 1. The van der Waals surface area contributed by atoms with Crippen molar-refractivity contribution in [3.8, 4) is 6.07 Å². The number of carbonyl (C=O) groups excluding carboxylic acids is 1. The summed E-state index contributed by atoms with van der Waals surface area (Å²) in [5, 5.41) is 10.9. The van der Waals surface area contributed by atoms with Crippen molar-refractivity contribution >= 4 is 22.5 Å². The Bertz CT molecular complexity index is 1070. The van der Waals surface area contributed by atoms with Crippen LogP contribution in [0.4, 0.5) is 14.5 Å². The molecule has 0 atom stereocenters. The van der Waals surface area contributed by atoms with Gasteiger partial charge in [-0.15, -0.1) is 0 Å². The number of halogens is 2. The zero-order chi connectivity index (χ0) is 18.0. The molecule has 1 heterocycles. The first-order chi connectivity index (χ1) is 12.0. The molecule has 0 aliphatic rings. The van der Waals surface area contributed by atoms with Crippen molar-refractivity contribution < 1.29 is 13.6 Å². The van der Waals surface area contributed by atoms with Gasteiger partial charge in [-0.25, -0.2) is 8.78 Å². The second-order valence-corrected chi connectivity index (χ2v) is 5.33. The van der Waals surface area contributed by atoms with Gasteiger partial charge in [-0.3, -0.25) is 9.59 Å². The summed E-state index contributed by atoms with van der Waals surface area (Å²) < 4.78 is 27.0. The summed E-state index contributed by atoms with van der Waals surface area (Å²) in [6.45, 7) is 0. The van der Waals surface area contributed by atoms with Crippen LogP contribution in [0.3, 0.4) is 0 Å². The first-order valence-electron chi connectivity index (χ1n) is 7.27. The molecular weight excluding hydrogens is 328 g/mol. The minimum absolute atomic E-state index is 0.163. The number of aromatic amines is 1. The van der Waals surface area contributed by atoms with E-state index in [9.17, 15) is 18.4 Å². The standard InChI is InChI=1S/C18H11F2N3O2/c19-11-7-13-16(15(20)8-11)22-9-14(17(13)24)18(25)23-12-3-1-10(2-4-12)5-6-21/h1-4,7-9H,5H2,(H,22,24)(H,23,25). The van der Waals surface area contributed by atoms with Gasteiger partial charge in [-0.05, 0) is 23.8 Å². The highest BCUT2D eigenvalue weighted by atomic mass is 19.1. The van der Waals surface area contributed by atoms with Crippen molar-refractivity contribution in [3.05, 3.63) is 75.6 Å². The lowest BCUT2D eigenvalue weighted by Gasteiger charge is -2.07. The molecule has 0 unspecified atom stereocenters. The molecule has 0 saturated carbocycles. The molecule has 1 amide bonds. The van der Waals surface area contributed by atoms with Crippen molar-refractivity contribution in [2.75, 3.05) is 5.32 Å². The molecule has 2 N–H and O–H groups in total. The zero-order valence-electron chi connectivity index (χ0n) is 12.8. The van der Waals surface area contributed by atoms with Gasteiger partial charge in [0.15, 0.2) is 0 Å². The number of carbonyl (C=O) groups is 1. The average molecular weight is 339 g/mol. The van der Waals surface area contributed by atoms with Gasteiger partial charge in [-0.1, -0.05) is 12.1 Å². The van der Waals surface area contributed by atoms with Crippen LogP contribution in [0.5, 0.6) is 0 Å². The highest BCUT2D eigenvalue weighted by molar-refractivity contribution is 6.05. The number of hydrogen-bond donors (Lipinski definition) is 2. The molecular formula is C18H11F2N3O2. The van der Waals surface area contributed by atoms with Crippen molar-refractivity contribution in [3.63, 3.8) is 0 Å². The van der Waals surface area contributed by atoms with E-state index in [1.165, 1.54) is 0 Å². The normalized spacial score (nSPS) is 10.4. The number of benzene rings is 2. The van der Waals surface area contributed by atoms with E-state index in [4.69, 9.17) is 5.26 Å². The SMILES string of the molecule is N#CCc1ccc(NC(=O)c2c[nH]c3c(F)cc(F)cc3c2=O)cc1. The Labute approximate surface area is 140 Å². The van der Waals surface area contributed by atoms with Crippen molar-refractivity contribution in [1.82, 2.24) is 4.98 Å². The second kappa shape index (κ2) is 6.53. The topological polar surface area (TPSA) is 85.8 Å². The van der Waals surface area contributed by atoms with Crippen LogP contribution in [0.25, 0.3) is 10.9 Å². The second-order valence-electron chi connectivity index (χ2n) is 5.33. The van der Waals surface area contributed by atoms with E-state index in [1.54, 1.807) is 24.3 Å². The average Bonchev–Trinajstić information content (AvgIpc) is 2.57. The van der Waals surface area contributed by atoms with Crippen LogP contribution in [0.2, 0.25) is 0 Å². The summed E-state index contributed by atoms with van der Waals surface area (Å²) in [4.78, 5) is 27.2.